The molecule has 0 spiro atoms. The maximum atomic E-state index is 13.0. The summed E-state index contributed by atoms with van der Waals surface area (Å²) in [5.74, 6) is 0.971. The van der Waals surface area contributed by atoms with Gasteiger partial charge >= 0.3 is 0 Å². The summed E-state index contributed by atoms with van der Waals surface area (Å²) in [6.45, 7) is 6.07. The molecule has 7 nitrogen and oxygen atoms in total. The third kappa shape index (κ3) is 2.86. The molecule has 2 aliphatic rings. The fourth-order valence-electron chi connectivity index (χ4n) is 4.33. The molecule has 7 heteroatoms. The second-order valence-electron chi connectivity index (χ2n) is 7.37. The van der Waals surface area contributed by atoms with Crippen molar-refractivity contribution in [2.75, 3.05) is 26.3 Å². The number of likely N-dealkylation sites (tertiary alicyclic amines) is 1. The van der Waals surface area contributed by atoms with Crippen molar-refractivity contribution < 1.29 is 14.3 Å². The van der Waals surface area contributed by atoms with Gasteiger partial charge < -0.3 is 19.5 Å². The van der Waals surface area contributed by atoms with Gasteiger partial charge in [0.15, 0.2) is 0 Å². The number of nitrogens with one attached hydrogen (secondary N) is 1. The van der Waals surface area contributed by atoms with E-state index in [1.165, 1.54) is 6.92 Å². The van der Waals surface area contributed by atoms with Gasteiger partial charge in [-0.2, -0.15) is 0 Å². The molecule has 4 rings (SSSR count). The molecule has 26 heavy (non-hydrogen) atoms. The first-order valence-corrected chi connectivity index (χ1v) is 9.05. The zero-order valence-corrected chi connectivity index (χ0v) is 15.2. The number of para-hydroxylation sites is 2. The Hall–Kier alpha value is -2.41. The molecule has 2 fully saturated rings. The summed E-state index contributed by atoms with van der Waals surface area (Å²) in [4.78, 5) is 31.1. The van der Waals surface area contributed by atoms with Crippen LogP contribution in [0.25, 0.3) is 11.0 Å². The van der Waals surface area contributed by atoms with E-state index in [1.807, 2.05) is 40.7 Å². The molecule has 2 unspecified atom stereocenters. The molecule has 2 saturated heterocycles. The highest BCUT2D eigenvalue weighted by Gasteiger charge is 2.50. The molecule has 0 bridgehead atoms. The van der Waals surface area contributed by atoms with Crippen LogP contribution in [0.3, 0.4) is 0 Å². The van der Waals surface area contributed by atoms with Crippen LogP contribution in [0.5, 0.6) is 0 Å². The van der Waals surface area contributed by atoms with Crippen LogP contribution >= 0.6 is 0 Å². The summed E-state index contributed by atoms with van der Waals surface area (Å²) in [5, 5.41) is 3.11. The molecule has 2 aromatic rings. The Balaban J connectivity index is 1.55. The van der Waals surface area contributed by atoms with Crippen molar-refractivity contribution in [1.82, 2.24) is 19.8 Å². The quantitative estimate of drug-likeness (QED) is 0.893. The number of hydrogen-bond acceptors (Lipinski definition) is 4. The van der Waals surface area contributed by atoms with Crippen LogP contribution in [0.1, 0.15) is 19.2 Å². The van der Waals surface area contributed by atoms with E-state index >= 15 is 0 Å². The molecule has 138 valence electrons. The molecule has 2 atom stereocenters. The molecule has 0 saturated carbocycles. The minimum atomic E-state index is -0.355. The standard InChI is InChI=1S/C19H24N4O3/c1-13-20-16-5-3-4-6-17(16)23(13)10-18(25)22-9-15-11-26-8-7-19(15,12-22)21-14(2)24/h3-6,15H,7-12H2,1-2H3,(H,21,24). The number of carbonyl (C=O) groups is 2. The molecule has 0 aliphatic carbocycles. The van der Waals surface area contributed by atoms with E-state index < -0.39 is 0 Å². The van der Waals surface area contributed by atoms with Crippen LogP contribution in [0.4, 0.5) is 0 Å². The van der Waals surface area contributed by atoms with E-state index in [4.69, 9.17) is 4.74 Å². The minimum Gasteiger partial charge on any atom is -0.381 e. The van der Waals surface area contributed by atoms with Gasteiger partial charge in [0.25, 0.3) is 0 Å². The van der Waals surface area contributed by atoms with Gasteiger partial charge in [-0.05, 0) is 25.5 Å². The first-order chi connectivity index (χ1) is 12.5. The predicted octanol–water partition coefficient (Wildman–Crippen LogP) is 1.10. The Bertz CT molecular complexity index is 862. The van der Waals surface area contributed by atoms with Crippen LogP contribution in [-0.4, -0.2) is 58.1 Å². The van der Waals surface area contributed by atoms with Crippen molar-refractivity contribution in [3.63, 3.8) is 0 Å². The van der Waals surface area contributed by atoms with Gasteiger partial charge in [0.2, 0.25) is 11.8 Å². The summed E-state index contributed by atoms with van der Waals surface area (Å²) in [6.07, 6.45) is 0.744. The average Bonchev–Trinajstić information content (AvgIpc) is 3.12. The van der Waals surface area contributed by atoms with Gasteiger partial charge in [-0.1, -0.05) is 12.1 Å². The zero-order valence-electron chi connectivity index (χ0n) is 15.2. The summed E-state index contributed by atoms with van der Waals surface area (Å²) in [5.41, 5.74) is 1.51. The molecule has 3 heterocycles. The van der Waals surface area contributed by atoms with Gasteiger partial charge in [-0.25, -0.2) is 4.98 Å². The number of aromatic nitrogens is 2. The molecule has 1 aromatic heterocycles. The lowest BCUT2D eigenvalue weighted by molar-refractivity contribution is -0.131. The van der Waals surface area contributed by atoms with Crippen LogP contribution in [-0.2, 0) is 20.9 Å². The Morgan fingerprint density at radius 2 is 2.19 bits per heavy atom. The second-order valence-corrected chi connectivity index (χ2v) is 7.37. The number of amides is 2. The number of imidazole rings is 1. The number of aryl methyl sites for hydroxylation is 1. The first kappa shape index (κ1) is 17.0. The van der Waals surface area contributed by atoms with E-state index in [9.17, 15) is 9.59 Å². The smallest absolute Gasteiger partial charge is 0.242 e. The number of fused-ring (bicyclic) bond motifs is 2. The highest BCUT2D eigenvalue weighted by Crippen LogP contribution is 2.34. The number of carbonyl (C=O) groups excluding carboxylic acids is 2. The van der Waals surface area contributed by atoms with Gasteiger partial charge in [0.05, 0.1) is 23.2 Å². The Morgan fingerprint density at radius 1 is 1.38 bits per heavy atom. The first-order valence-electron chi connectivity index (χ1n) is 9.05. The number of nitrogens with zero attached hydrogens (tertiary/aromatic N) is 3. The van der Waals surface area contributed by atoms with Gasteiger partial charge in [-0.15, -0.1) is 0 Å². The van der Waals surface area contributed by atoms with E-state index in [1.54, 1.807) is 0 Å². The number of rotatable bonds is 3. The lowest BCUT2D eigenvalue weighted by Gasteiger charge is -2.38. The maximum absolute atomic E-state index is 13.0. The molecule has 1 aromatic carbocycles. The third-order valence-corrected chi connectivity index (χ3v) is 5.62. The van der Waals surface area contributed by atoms with Crippen molar-refractivity contribution >= 4 is 22.8 Å². The van der Waals surface area contributed by atoms with Gasteiger partial charge in [-0.3, -0.25) is 9.59 Å². The number of ether oxygens (including phenoxy) is 1. The molecule has 0 radical (unpaired) electrons. The Kier molecular flexibility index (Phi) is 4.19. The molecular weight excluding hydrogens is 332 g/mol. The van der Waals surface area contributed by atoms with Gasteiger partial charge in [0, 0.05) is 32.5 Å². The van der Waals surface area contributed by atoms with Crippen LogP contribution in [0.15, 0.2) is 24.3 Å². The van der Waals surface area contributed by atoms with Crippen molar-refractivity contribution in [3.05, 3.63) is 30.1 Å². The van der Waals surface area contributed by atoms with Crippen LogP contribution in [0, 0.1) is 12.8 Å². The van der Waals surface area contributed by atoms with E-state index in [-0.39, 0.29) is 29.8 Å². The average molecular weight is 356 g/mol. The maximum Gasteiger partial charge on any atom is 0.242 e. The van der Waals surface area contributed by atoms with E-state index in [2.05, 4.69) is 10.3 Å². The van der Waals surface area contributed by atoms with Crippen molar-refractivity contribution in [3.8, 4) is 0 Å². The highest BCUT2D eigenvalue weighted by atomic mass is 16.5. The third-order valence-electron chi connectivity index (χ3n) is 5.62. The van der Waals surface area contributed by atoms with Crippen LogP contribution < -0.4 is 5.32 Å². The predicted molar refractivity (Wildman–Crippen MR) is 96.5 cm³/mol. The number of benzene rings is 1. The molecular formula is C19H24N4O3. The zero-order chi connectivity index (χ0) is 18.3. The van der Waals surface area contributed by atoms with Gasteiger partial charge in [0.1, 0.15) is 12.4 Å². The topological polar surface area (TPSA) is 76.5 Å². The molecule has 2 aliphatic heterocycles. The monoisotopic (exact) mass is 356 g/mol. The summed E-state index contributed by atoms with van der Waals surface area (Å²) in [6, 6.07) is 7.84. The molecule has 1 N–H and O–H groups in total. The normalized spacial score (nSPS) is 25.3. The second kappa shape index (κ2) is 6.39. The summed E-state index contributed by atoms with van der Waals surface area (Å²) in [7, 11) is 0. The van der Waals surface area contributed by atoms with Crippen molar-refractivity contribution in [1.29, 1.82) is 0 Å². The SMILES string of the molecule is CC(=O)NC12CCOCC1CN(C(=O)Cn1c(C)nc3ccccc31)C2. The summed E-state index contributed by atoms with van der Waals surface area (Å²) < 4.78 is 7.56. The van der Waals surface area contributed by atoms with E-state index in [0.29, 0.717) is 26.3 Å². The number of hydrogen-bond donors (Lipinski definition) is 1. The summed E-state index contributed by atoms with van der Waals surface area (Å²) >= 11 is 0. The molecule has 2 amide bonds. The largest absolute Gasteiger partial charge is 0.381 e. The Labute approximate surface area is 152 Å². The fraction of sp³-hybridized carbons (Fsp3) is 0.526. The highest BCUT2D eigenvalue weighted by molar-refractivity contribution is 5.82. The fourth-order valence-corrected chi connectivity index (χ4v) is 4.33. The van der Waals surface area contributed by atoms with Crippen molar-refractivity contribution in [2.24, 2.45) is 5.92 Å². The van der Waals surface area contributed by atoms with Crippen LogP contribution in [0.2, 0.25) is 0 Å². The van der Waals surface area contributed by atoms with E-state index in [0.717, 1.165) is 23.3 Å². The van der Waals surface area contributed by atoms with Crippen molar-refractivity contribution in [2.45, 2.75) is 32.4 Å². The lowest BCUT2D eigenvalue weighted by Crippen LogP contribution is -2.57. The lowest BCUT2D eigenvalue weighted by atomic mass is 9.83. The minimum absolute atomic E-state index is 0.0513. The Morgan fingerprint density at radius 3 is 3.00 bits per heavy atom.